The van der Waals surface area contributed by atoms with Gasteiger partial charge in [0.05, 0.1) is 12.7 Å². The molecule has 14 heavy (non-hydrogen) atoms. The summed E-state index contributed by atoms with van der Waals surface area (Å²) in [5.74, 6) is 0. The number of aromatic nitrogens is 1. The first-order valence-corrected chi connectivity index (χ1v) is 5.08. The van der Waals surface area contributed by atoms with E-state index in [9.17, 15) is 0 Å². The van der Waals surface area contributed by atoms with Crippen molar-refractivity contribution in [1.29, 1.82) is 0 Å². The van der Waals surface area contributed by atoms with Crippen LogP contribution in [0.2, 0.25) is 0 Å². The summed E-state index contributed by atoms with van der Waals surface area (Å²) in [5, 5.41) is 3.33. The Morgan fingerprint density at radius 3 is 3.29 bits per heavy atom. The molecular weight excluding hydrogens is 176 g/mol. The molecule has 1 atom stereocenters. The Bertz CT molecular complexity index is 295. The van der Waals surface area contributed by atoms with Gasteiger partial charge in [0.15, 0.2) is 0 Å². The van der Waals surface area contributed by atoms with Gasteiger partial charge in [-0.3, -0.25) is 4.98 Å². The lowest BCUT2D eigenvalue weighted by molar-refractivity contribution is 0.0291. The number of ether oxygens (including phenoxy) is 1. The third kappa shape index (κ3) is 2.30. The van der Waals surface area contributed by atoms with Crippen molar-refractivity contribution < 1.29 is 4.74 Å². The zero-order chi connectivity index (χ0) is 9.80. The van der Waals surface area contributed by atoms with Gasteiger partial charge < -0.3 is 10.1 Å². The van der Waals surface area contributed by atoms with Crippen LogP contribution in [-0.4, -0.2) is 30.8 Å². The highest BCUT2D eigenvalue weighted by molar-refractivity contribution is 5.22. The summed E-state index contributed by atoms with van der Waals surface area (Å²) in [4.78, 5) is 4.08. The first-order chi connectivity index (χ1) is 6.86. The van der Waals surface area contributed by atoms with Crippen LogP contribution in [-0.2, 0) is 11.2 Å². The van der Waals surface area contributed by atoms with Crippen molar-refractivity contribution in [3.63, 3.8) is 0 Å². The number of hydrogen-bond acceptors (Lipinski definition) is 3. The fourth-order valence-electron chi connectivity index (χ4n) is 1.73. The lowest BCUT2D eigenvalue weighted by Gasteiger charge is -2.24. The van der Waals surface area contributed by atoms with E-state index in [4.69, 9.17) is 4.74 Å². The zero-order valence-corrected chi connectivity index (χ0v) is 8.49. The van der Waals surface area contributed by atoms with Crippen LogP contribution in [0, 0.1) is 6.92 Å². The van der Waals surface area contributed by atoms with Crippen LogP contribution in [0.3, 0.4) is 0 Å². The molecule has 1 aliphatic rings. The minimum absolute atomic E-state index is 0.324. The molecule has 1 fully saturated rings. The molecule has 0 bridgehead atoms. The summed E-state index contributed by atoms with van der Waals surface area (Å²) >= 11 is 0. The second-order valence-electron chi connectivity index (χ2n) is 3.70. The molecule has 1 saturated heterocycles. The lowest BCUT2D eigenvalue weighted by Crippen LogP contribution is -2.39. The molecule has 1 unspecified atom stereocenters. The number of hydrogen-bond donors (Lipinski definition) is 1. The van der Waals surface area contributed by atoms with Crippen LogP contribution in [0.25, 0.3) is 0 Å². The highest BCUT2D eigenvalue weighted by Crippen LogP contribution is 2.10. The predicted molar refractivity (Wildman–Crippen MR) is 55.3 cm³/mol. The van der Waals surface area contributed by atoms with E-state index in [0.29, 0.717) is 6.10 Å². The molecule has 1 aromatic heterocycles. The topological polar surface area (TPSA) is 34.2 Å². The summed E-state index contributed by atoms with van der Waals surface area (Å²) in [7, 11) is 0. The quantitative estimate of drug-likeness (QED) is 0.756. The molecule has 1 N–H and O–H groups in total. The van der Waals surface area contributed by atoms with Crippen LogP contribution in [0.5, 0.6) is 0 Å². The van der Waals surface area contributed by atoms with Gasteiger partial charge in [-0.25, -0.2) is 0 Å². The van der Waals surface area contributed by atoms with Crippen LogP contribution < -0.4 is 5.32 Å². The molecule has 2 rings (SSSR count). The Kier molecular flexibility index (Phi) is 3.11. The molecule has 2 heterocycles. The van der Waals surface area contributed by atoms with Crippen molar-refractivity contribution in [2.24, 2.45) is 0 Å². The number of rotatable bonds is 2. The second-order valence-corrected chi connectivity index (χ2v) is 3.70. The fourth-order valence-corrected chi connectivity index (χ4v) is 1.73. The molecular formula is C11H16N2O. The Balaban J connectivity index is 1.99. The summed E-state index contributed by atoms with van der Waals surface area (Å²) < 4.78 is 5.65. The van der Waals surface area contributed by atoms with Gasteiger partial charge in [0.1, 0.15) is 0 Å². The largest absolute Gasteiger partial charge is 0.375 e. The van der Waals surface area contributed by atoms with E-state index in [1.165, 1.54) is 11.1 Å². The lowest BCUT2D eigenvalue weighted by atomic mass is 10.0. The van der Waals surface area contributed by atoms with Gasteiger partial charge in [0.2, 0.25) is 0 Å². The van der Waals surface area contributed by atoms with Crippen LogP contribution in [0.15, 0.2) is 18.5 Å². The Hall–Kier alpha value is -0.930. The number of nitrogens with zero attached hydrogens (tertiary/aromatic N) is 1. The minimum Gasteiger partial charge on any atom is -0.375 e. The van der Waals surface area contributed by atoms with E-state index >= 15 is 0 Å². The average Bonchev–Trinajstić information content (AvgIpc) is 2.23. The molecule has 0 aliphatic carbocycles. The molecule has 1 aliphatic heterocycles. The molecule has 3 heteroatoms. The van der Waals surface area contributed by atoms with Crippen molar-refractivity contribution in [1.82, 2.24) is 10.3 Å². The van der Waals surface area contributed by atoms with Gasteiger partial charge in [0, 0.05) is 31.9 Å². The first kappa shape index (κ1) is 9.62. The molecule has 0 radical (unpaired) electrons. The van der Waals surface area contributed by atoms with Crippen molar-refractivity contribution >= 4 is 0 Å². The first-order valence-electron chi connectivity index (χ1n) is 5.08. The number of nitrogens with one attached hydrogen (secondary N) is 1. The van der Waals surface area contributed by atoms with Gasteiger partial charge >= 0.3 is 0 Å². The van der Waals surface area contributed by atoms with Gasteiger partial charge in [0.25, 0.3) is 0 Å². The van der Waals surface area contributed by atoms with E-state index in [1.54, 1.807) is 0 Å². The normalized spacial score (nSPS) is 22.2. The van der Waals surface area contributed by atoms with Gasteiger partial charge in [-0.1, -0.05) is 0 Å². The van der Waals surface area contributed by atoms with E-state index in [-0.39, 0.29) is 0 Å². The maximum absolute atomic E-state index is 5.65. The standard InChI is InChI=1S/C11H16N2O/c1-9-7-12-3-2-10(9)6-11-8-13-4-5-14-11/h2-3,7,11,13H,4-6,8H2,1H3. The smallest absolute Gasteiger partial charge is 0.0740 e. The fraction of sp³-hybridized carbons (Fsp3) is 0.545. The van der Waals surface area contributed by atoms with E-state index in [0.717, 1.165) is 26.1 Å². The number of morpholine rings is 1. The highest BCUT2D eigenvalue weighted by atomic mass is 16.5. The third-order valence-electron chi connectivity index (χ3n) is 2.59. The highest BCUT2D eigenvalue weighted by Gasteiger charge is 2.14. The summed E-state index contributed by atoms with van der Waals surface area (Å²) in [6.45, 7) is 4.86. The molecule has 3 nitrogen and oxygen atoms in total. The minimum atomic E-state index is 0.324. The summed E-state index contributed by atoms with van der Waals surface area (Å²) in [5.41, 5.74) is 2.59. The maximum Gasteiger partial charge on any atom is 0.0740 e. The molecule has 76 valence electrons. The van der Waals surface area contributed by atoms with E-state index in [2.05, 4.69) is 23.3 Å². The molecule has 1 aromatic rings. The summed E-state index contributed by atoms with van der Waals surface area (Å²) in [6, 6.07) is 2.08. The maximum atomic E-state index is 5.65. The van der Waals surface area contributed by atoms with Crippen LogP contribution in [0.4, 0.5) is 0 Å². The summed E-state index contributed by atoms with van der Waals surface area (Å²) in [6.07, 6.45) is 5.07. The Labute approximate surface area is 84.5 Å². The van der Waals surface area contributed by atoms with Crippen molar-refractivity contribution in [3.05, 3.63) is 29.6 Å². The molecule has 0 aromatic carbocycles. The van der Waals surface area contributed by atoms with Crippen molar-refractivity contribution in [2.75, 3.05) is 19.7 Å². The zero-order valence-electron chi connectivity index (χ0n) is 8.49. The monoisotopic (exact) mass is 192 g/mol. The van der Waals surface area contributed by atoms with E-state index in [1.807, 2.05) is 12.4 Å². The number of pyridine rings is 1. The van der Waals surface area contributed by atoms with E-state index < -0.39 is 0 Å². The van der Waals surface area contributed by atoms with Gasteiger partial charge in [-0.15, -0.1) is 0 Å². The van der Waals surface area contributed by atoms with Gasteiger partial charge in [-0.2, -0.15) is 0 Å². The van der Waals surface area contributed by atoms with Crippen molar-refractivity contribution in [2.45, 2.75) is 19.4 Å². The second kappa shape index (κ2) is 4.53. The molecule has 0 saturated carbocycles. The number of aryl methyl sites for hydroxylation is 1. The average molecular weight is 192 g/mol. The predicted octanol–water partition coefficient (Wildman–Crippen LogP) is 0.921. The van der Waals surface area contributed by atoms with Crippen LogP contribution >= 0.6 is 0 Å². The van der Waals surface area contributed by atoms with Gasteiger partial charge in [-0.05, 0) is 24.1 Å². The van der Waals surface area contributed by atoms with Crippen LogP contribution in [0.1, 0.15) is 11.1 Å². The van der Waals surface area contributed by atoms with Crippen molar-refractivity contribution in [3.8, 4) is 0 Å². The Morgan fingerprint density at radius 1 is 1.64 bits per heavy atom. The molecule has 0 spiro atoms. The Morgan fingerprint density at radius 2 is 2.57 bits per heavy atom. The SMILES string of the molecule is Cc1cnccc1CC1CNCCO1. The molecule has 0 amide bonds. The third-order valence-corrected chi connectivity index (χ3v) is 2.59.